The molecule has 1 N–H and O–H groups in total. The van der Waals surface area contributed by atoms with E-state index in [0.29, 0.717) is 0 Å². The lowest BCUT2D eigenvalue weighted by Gasteiger charge is -2.26. The standard InChI is InChI=1S/C13H19BrN2O/c14-12-3-1-4-13(11-12)15-5-2-6-16-7-9-17-10-8-16/h1,3-4,11,15H,2,5-10H2. The predicted molar refractivity (Wildman–Crippen MR) is 74.5 cm³/mol. The van der Waals surface area contributed by atoms with Gasteiger partial charge in [0.05, 0.1) is 13.2 Å². The van der Waals surface area contributed by atoms with Crippen molar-refractivity contribution in [3.63, 3.8) is 0 Å². The molecule has 0 amide bonds. The quantitative estimate of drug-likeness (QED) is 0.846. The molecule has 1 heterocycles. The van der Waals surface area contributed by atoms with Gasteiger partial charge in [-0.15, -0.1) is 0 Å². The third-order valence-electron chi connectivity index (χ3n) is 2.91. The smallest absolute Gasteiger partial charge is 0.0594 e. The van der Waals surface area contributed by atoms with Crippen LogP contribution in [0.5, 0.6) is 0 Å². The van der Waals surface area contributed by atoms with Gasteiger partial charge in [-0.3, -0.25) is 4.90 Å². The van der Waals surface area contributed by atoms with Crippen LogP contribution in [0, 0.1) is 0 Å². The SMILES string of the molecule is Brc1cccc(NCCCN2CCOCC2)c1. The Hall–Kier alpha value is -0.580. The number of hydrogen-bond donors (Lipinski definition) is 1. The lowest BCUT2D eigenvalue weighted by atomic mass is 10.3. The molecule has 0 saturated carbocycles. The summed E-state index contributed by atoms with van der Waals surface area (Å²) in [6.07, 6.45) is 1.17. The number of halogens is 1. The Balaban J connectivity index is 1.62. The largest absolute Gasteiger partial charge is 0.385 e. The summed E-state index contributed by atoms with van der Waals surface area (Å²) in [5.74, 6) is 0. The van der Waals surface area contributed by atoms with Crippen LogP contribution >= 0.6 is 15.9 Å². The maximum atomic E-state index is 5.33. The van der Waals surface area contributed by atoms with E-state index < -0.39 is 0 Å². The molecule has 1 aliphatic heterocycles. The summed E-state index contributed by atoms with van der Waals surface area (Å²) in [7, 11) is 0. The molecule has 1 aliphatic rings. The van der Waals surface area contributed by atoms with Crippen LogP contribution in [0.15, 0.2) is 28.7 Å². The maximum absolute atomic E-state index is 5.33. The number of morpholine rings is 1. The van der Waals surface area contributed by atoms with Crippen molar-refractivity contribution in [1.29, 1.82) is 0 Å². The maximum Gasteiger partial charge on any atom is 0.0594 e. The first kappa shape index (κ1) is 12.9. The average Bonchev–Trinajstić information content (AvgIpc) is 2.36. The Morgan fingerprint density at radius 1 is 1.29 bits per heavy atom. The fourth-order valence-electron chi connectivity index (χ4n) is 1.96. The third-order valence-corrected chi connectivity index (χ3v) is 3.40. The monoisotopic (exact) mass is 298 g/mol. The van der Waals surface area contributed by atoms with Gasteiger partial charge in [-0.2, -0.15) is 0 Å². The minimum Gasteiger partial charge on any atom is -0.385 e. The molecule has 0 atom stereocenters. The second-order valence-electron chi connectivity index (χ2n) is 4.24. The van der Waals surface area contributed by atoms with Crippen molar-refractivity contribution in [2.75, 3.05) is 44.7 Å². The highest BCUT2D eigenvalue weighted by atomic mass is 79.9. The summed E-state index contributed by atoms with van der Waals surface area (Å²) in [5.41, 5.74) is 1.18. The summed E-state index contributed by atoms with van der Waals surface area (Å²) >= 11 is 3.47. The number of hydrogen-bond acceptors (Lipinski definition) is 3. The van der Waals surface area contributed by atoms with Crippen LogP contribution in [0.1, 0.15) is 6.42 Å². The van der Waals surface area contributed by atoms with E-state index >= 15 is 0 Å². The molecule has 0 radical (unpaired) electrons. The first-order chi connectivity index (χ1) is 8.34. The van der Waals surface area contributed by atoms with Crippen molar-refractivity contribution in [1.82, 2.24) is 4.90 Å². The van der Waals surface area contributed by atoms with E-state index in [2.05, 4.69) is 38.3 Å². The molecule has 0 unspecified atom stereocenters. The lowest BCUT2D eigenvalue weighted by Crippen LogP contribution is -2.37. The summed E-state index contributed by atoms with van der Waals surface area (Å²) in [5, 5.41) is 3.44. The highest BCUT2D eigenvalue weighted by molar-refractivity contribution is 9.10. The molecule has 0 spiro atoms. The molecule has 0 aliphatic carbocycles. The lowest BCUT2D eigenvalue weighted by molar-refractivity contribution is 0.0378. The van der Waals surface area contributed by atoms with Gasteiger partial charge in [-0.05, 0) is 31.2 Å². The van der Waals surface area contributed by atoms with Gasteiger partial charge in [0, 0.05) is 29.8 Å². The fourth-order valence-corrected chi connectivity index (χ4v) is 2.36. The second-order valence-corrected chi connectivity index (χ2v) is 5.16. The Morgan fingerprint density at radius 3 is 2.88 bits per heavy atom. The van der Waals surface area contributed by atoms with Gasteiger partial charge in [0.25, 0.3) is 0 Å². The molecule has 3 nitrogen and oxygen atoms in total. The molecule has 0 bridgehead atoms. The molecule has 1 saturated heterocycles. The summed E-state index contributed by atoms with van der Waals surface area (Å²) in [6, 6.07) is 8.29. The van der Waals surface area contributed by atoms with Gasteiger partial charge in [-0.25, -0.2) is 0 Å². The van der Waals surface area contributed by atoms with Crippen LogP contribution in [0.3, 0.4) is 0 Å². The zero-order chi connectivity index (χ0) is 11.9. The van der Waals surface area contributed by atoms with Crippen molar-refractivity contribution in [3.05, 3.63) is 28.7 Å². The number of anilines is 1. The molecule has 1 aromatic rings. The zero-order valence-corrected chi connectivity index (χ0v) is 11.6. The average molecular weight is 299 g/mol. The van der Waals surface area contributed by atoms with E-state index in [9.17, 15) is 0 Å². The van der Waals surface area contributed by atoms with E-state index in [1.165, 1.54) is 12.1 Å². The van der Waals surface area contributed by atoms with Gasteiger partial charge < -0.3 is 10.1 Å². The van der Waals surface area contributed by atoms with Crippen LogP contribution in [0.2, 0.25) is 0 Å². The van der Waals surface area contributed by atoms with Gasteiger partial charge >= 0.3 is 0 Å². The van der Waals surface area contributed by atoms with Gasteiger partial charge in [0.1, 0.15) is 0 Å². The van der Waals surface area contributed by atoms with Crippen LogP contribution < -0.4 is 5.32 Å². The highest BCUT2D eigenvalue weighted by Crippen LogP contribution is 2.15. The highest BCUT2D eigenvalue weighted by Gasteiger charge is 2.08. The fraction of sp³-hybridized carbons (Fsp3) is 0.538. The molecule has 94 valence electrons. The number of nitrogens with zero attached hydrogens (tertiary/aromatic N) is 1. The molecule has 4 heteroatoms. The molecular weight excluding hydrogens is 280 g/mol. The normalized spacial score (nSPS) is 17.0. The summed E-state index contributed by atoms with van der Waals surface area (Å²) in [6.45, 7) is 6.12. The Kier molecular flexibility index (Phi) is 5.29. The number of ether oxygens (including phenoxy) is 1. The van der Waals surface area contributed by atoms with Gasteiger partial charge in [-0.1, -0.05) is 22.0 Å². The Bertz CT molecular complexity index is 340. The van der Waals surface area contributed by atoms with E-state index in [0.717, 1.165) is 43.9 Å². The Labute approximate surface area is 111 Å². The predicted octanol–water partition coefficient (Wildman–Crippen LogP) is 2.58. The minimum atomic E-state index is 0.888. The first-order valence-corrected chi connectivity index (χ1v) is 6.93. The number of benzene rings is 1. The van der Waals surface area contributed by atoms with Crippen molar-refractivity contribution in [3.8, 4) is 0 Å². The van der Waals surface area contributed by atoms with Gasteiger partial charge in [0.2, 0.25) is 0 Å². The van der Waals surface area contributed by atoms with E-state index in [4.69, 9.17) is 4.74 Å². The van der Waals surface area contributed by atoms with Gasteiger partial charge in [0.15, 0.2) is 0 Å². The Morgan fingerprint density at radius 2 is 2.12 bits per heavy atom. The summed E-state index contributed by atoms with van der Waals surface area (Å²) in [4.78, 5) is 2.46. The van der Waals surface area contributed by atoms with Crippen LogP contribution in [0.25, 0.3) is 0 Å². The van der Waals surface area contributed by atoms with Crippen LogP contribution in [-0.2, 0) is 4.74 Å². The van der Waals surface area contributed by atoms with E-state index in [-0.39, 0.29) is 0 Å². The van der Waals surface area contributed by atoms with E-state index in [1.807, 2.05) is 12.1 Å². The molecule has 1 fully saturated rings. The van der Waals surface area contributed by atoms with Crippen LogP contribution in [-0.4, -0.2) is 44.3 Å². The molecule has 17 heavy (non-hydrogen) atoms. The second kappa shape index (κ2) is 6.99. The van der Waals surface area contributed by atoms with Crippen LogP contribution in [0.4, 0.5) is 5.69 Å². The molecule has 0 aromatic heterocycles. The first-order valence-electron chi connectivity index (χ1n) is 6.14. The van der Waals surface area contributed by atoms with Crippen molar-refractivity contribution >= 4 is 21.6 Å². The van der Waals surface area contributed by atoms with Crippen molar-refractivity contribution in [2.45, 2.75) is 6.42 Å². The molecule has 2 rings (SSSR count). The number of rotatable bonds is 5. The van der Waals surface area contributed by atoms with Crippen molar-refractivity contribution < 1.29 is 4.74 Å². The molecule has 1 aromatic carbocycles. The molecular formula is C13H19BrN2O. The zero-order valence-electron chi connectivity index (χ0n) is 9.99. The number of nitrogens with one attached hydrogen (secondary N) is 1. The summed E-state index contributed by atoms with van der Waals surface area (Å²) < 4.78 is 6.45. The van der Waals surface area contributed by atoms with Crippen molar-refractivity contribution in [2.24, 2.45) is 0 Å². The minimum absolute atomic E-state index is 0.888. The van der Waals surface area contributed by atoms with E-state index in [1.54, 1.807) is 0 Å². The topological polar surface area (TPSA) is 24.5 Å². The third kappa shape index (κ3) is 4.66.